The van der Waals surface area contributed by atoms with Gasteiger partial charge in [-0.25, -0.2) is 0 Å². The smallest absolute Gasteiger partial charge is 0.205 e. The minimum atomic E-state index is 0.443. The Hall–Kier alpha value is -0.720. The molecular weight excluding hydrogens is 236 g/mol. The molecule has 0 saturated carbocycles. The highest BCUT2D eigenvalue weighted by molar-refractivity contribution is 7.15. The number of rotatable bonds is 5. The fourth-order valence-corrected chi connectivity index (χ4v) is 2.88. The van der Waals surface area contributed by atoms with Gasteiger partial charge in [0.05, 0.1) is 12.6 Å². The highest BCUT2D eigenvalue weighted by Crippen LogP contribution is 2.19. The van der Waals surface area contributed by atoms with Crippen LogP contribution in [0.4, 0.5) is 5.13 Å². The molecule has 0 amide bonds. The van der Waals surface area contributed by atoms with Gasteiger partial charge in [-0.2, -0.15) is 0 Å². The molecule has 1 N–H and O–H groups in total. The summed E-state index contributed by atoms with van der Waals surface area (Å²) in [4.78, 5) is 2.42. The summed E-state index contributed by atoms with van der Waals surface area (Å²) in [7, 11) is 1.80. The Morgan fingerprint density at radius 2 is 2.18 bits per heavy atom. The summed E-state index contributed by atoms with van der Waals surface area (Å²) in [5.41, 5.74) is 0. The van der Waals surface area contributed by atoms with E-state index in [0.717, 1.165) is 49.2 Å². The molecule has 6 heteroatoms. The summed E-state index contributed by atoms with van der Waals surface area (Å²) in [5.74, 6) is 0. The molecule has 1 aliphatic rings. The van der Waals surface area contributed by atoms with E-state index in [4.69, 9.17) is 4.74 Å². The van der Waals surface area contributed by atoms with Crippen LogP contribution < -0.4 is 5.32 Å². The van der Waals surface area contributed by atoms with Gasteiger partial charge in [0.25, 0.3) is 0 Å². The quantitative estimate of drug-likeness (QED) is 0.867. The van der Waals surface area contributed by atoms with E-state index in [2.05, 4.69) is 27.3 Å². The number of aromatic nitrogens is 2. The molecule has 2 rings (SSSR count). The van der Waals surface area contributed by atoms with Crippen molar-refractivity contribution in [1.29, 1.82) is 0 Å². The number of piperidine rings is 1. The van der Waals surface area contributed by atoms with Crippen LogP contribution in [0, 0.1) is 0 Å². The van der Waals surface area contributed by atoms with Crippen LogP contribution in [0.2, 0.25) is 0 Å². The average Bonchev–Trinajstić information content (AvgIpc) is 2.78. The second kappa shape index (κ2) is 6.28. The van der Waals surface area contributed by atoms with Crippen LogP contribution in [-0.2, 0) is 11.3 Å². The van der Waals surface area contributed by atoms with Gasteiger partial charge >= 0.3 is 0 Å². The van der Waals surface area contributed by atoms with Crippen molar-refractivity contribution in [3.63, 3.8) is 0 Å². The monoisotopic (exact) mass is 256 g/mol. The molecule has 1 aromatic heterocycles. The van der Waals surface area contributed by atoms with Gasteiger partial charge < -0.3 is 10.1 Å². The van der Waals surface area contributed by atoms with E-state index in [1.807, 2.05) is 0 Å². The molecule has 1 aromatic rings. The summed E-state index contributed by atoms with van der Waals surface area (Å²) in [6, 6.07) is 0. The van der Waals surface area contributed by atoms with Gasteiger partial charge in [0.2, 0.25) is 5.13 Å². The normalized spacial score (nSPS) is 18.5. The first-order valence-corrected chi connectivity index (χ1v) is 6.95. The van der Waals surface area contributed by atoms with E-state index >= 15 is 0 Å². The number of likely N-dealkylation sites (tertiary alicyclic amines) is 1. The number of methoxy groups -OCH3 is 1. The van der Waals surface area contributed by atoms with Gasteiger partial charge in [0.1, 0.15) is 5.01 Å². The molecule has 0 spiro atoms. The van der Waals surface area contributed by atoms with Gasteiger partial charge in [0, 0.05) is 26.7 Å². The van der Waals surface area contributed by atoms with Gasteiger partial charge in [0.15, 0.2) is 0 Å². The van der Waals surface area contributed by atoms with Crippen LogP contribution in [0.1, 0.15) is 24.8 Å². The Bertz CT molecular complexity index is 336. The Labute approximate surface area is 106 Å². The second-order valence-electron chi connectivity index (χ2n) is 4.24. The number of hydrogen-bond donors (Lipinski definition) is 1. The topological polar surface area (TPSA) is 50.3 Å². The Kier molecular flexibility index (Phi) is 4.70. The van der Waals surface area contributed by atoms with Crippen LogP contribution in [0.15, 0.2) is 0 Å². The first kappa shape index (κ1) is 12.7. The number of ether oxygens (including phenoxy) is 1. The van der Waals surface area contributed by atoms with E-state index in [9.17, 15) is 0 Å². The molecule has 0 aromatic carbocycles. The third-order valence-corrected chi connectivity index (χ3v) is 3.89. The standard InChI is InChI=1S/C11H20N4OS/c1-3-12-11-14-13-10(17-11)8-15-6-4-9(16-2)5-7-15/h9H,3-8H2,1-2H3,(H,12,14). The van der Waals surface area contributed by atoms with Gasteiger partial charge in [-0.3, -0.25) is 4.90 Å². The predicted molar refractivity (Wildman–Crippen MR) is 69.4 cm³/mol. The summed E-state index contributed by atoms with van der Waals surface area (Å²) in [6.07, 6.45) is 2.68. The molecule has 1 saturated heterocycles. The first-order valence-electron chi connectivity index (χ1n) is 6.13. The molecule has 1 aliphatic heterocycles. The Morgan fingerprint density at radius 1 is 1.41 bits per heavy atom. The Balaban J connectivity index is 1.80. The second-order valence-corrected chi connectivity index (χ2v) is 5.30. The lowest BCUT2D eigenvalue weighted by Crippen LogP contribution is -2.36. The number of nitrogens with zero attached hydrogens (tertiary/aromatic N) is 3. The van der Waals surface area contributed by atoms with Crippen molar-refractivity contribution in [3.05, 3.63) is 5.01 Å². The van der Waals surface area contributed by atoms with Gasteiger partial charge in [-0.1, -0.05) is 11.3 Å². The molecule has 96 valence electrons. The van der Waals surface area contributed by atoms with Crippen LogP contribution in [0.5, 0.6) is 0 Å². The van der Waals surface area contributed by atoms with Gasteiger partial charge in [-0.15, -0.1) is 10.2 Å². The summed E-state index contributed by atoms with van der Waals surface area (Å²) < 4.78 is 5.36. The van der Waals surface area contributed by atoms with Crippen molar-refractivity contribution < 1.29 is 4.74 Å². The lowest BCUT2D eigenvalue weighted by atomic mass is 10.1. The molecule has 0 aliphatic carbocycles. The van der Waals surface area contributed by atoms with Crippen LogP contribution in [0.25, 0.3) is 0 Å². The van der Waals surface area contributed by atoms with Crippen molar-refractivity contribution in [2.24, 2.45) is 0 Å². The summed E-state index contributed by atoms with van der Waals surface area (Å²) >= 11 is 1.65. The van der Waals surface area contributed by atoms with Crippen molar-refractivity contribution in [2.45, 2.75) is 32.4 Å². The fraction of sp³-hybridized carbons (Fsp3) is 0.818. The van der Waals surface area contributed by atoms with Crippen molar-refractivity contribution in [2.75, 3.05) is 32.1 Å². The molecular formula is C11H20N4OS. The molecule has 0 atom stereocenters. The van der Waals surface area contributed by atoms with Crippen LogP contribution in [-0.4, -0.2) is 47.9 Å². The number of hydrogen-bond acceptors (Lipinski definition) is 6. The zero-order valence-corrected chi connectivity index (χ0v) is 11.3. The fourth-order valence-electron chi connectivity index (χ4n) is 2.03. The zero-order valence-electron chi connectivity index (χ0n) is 10.5. The molecule has 0 bridgehead atoms. The molecule has 0 radical (unpaired) electrons. The lowest BCUT2D eigenvalue weighted by Gasteiger charge is -2.30. The highest BCUT2D eigenvalue weighted by atomic mass is 32.1. The maximum Gasteiger partial charge on any atom is 0.205 e. The van der Waals surface area contributed by atoms with Crippen LogP contribution >= 0.6 is 11.3 Å². The molecule has 17 heavy (non-hydrogen) atoms. The van der Waals surface area contributed by atoms with E-state index in [1.165, 1.54) is 0 Å². The lowest BCUT2D eigenvalue weighted by molar-refractivity contribution is 0.0388. The highest BCUT2D eigenvalue weighted by Gasteiger charge is 2.19. The summed E-state index contributed by atoms with van der Waals surface area (Å²) in [5, 5.41) is 13.5. The first-order chi connectivity index (χ1) is 8.31. The van der Waals surface area contributed by atoms with E-state index in [1.54, 1.807) is 18.4 Å². The SMILES string of the molecule is CCNc1nnc(CN2CCC(OC)CC2)s1. The maximum absolute atomic E-state index is 5.36. The third kappa shape index (κ3) is 3.62. The van der Waals surface area contributed by atoms with Crippen molar-refractivity contribution >= 4 is 16.5 Å². The van der Waals surface area contributed by atoms with E-state index < -0.39 is 0 Å². The summed E-state index contributed by atoms with van der Waals surface area (Å²) in [6.45, 7) is 6.06. The van der Waals surface area contributed by atoms with Crippen molar-refractivity contribution in [3.8, 4) is 0 Å². The molecule has 2 heterocycles. The Morgan fingerprint density at radius 3 is 2.82 bits per heavy atom. The zero-order chi connectivity index (χ0) is 12.1. The third-order valence-electron chi connectivity index (χ3n) is 3.02. The van der Waals surface area contributed by atoms with Crippen molar-refractivity contribution in [1.82, 2.24) is 15.1 Å². The maximum atomic E-state index is 5.36. The molecule has 1 fully saturated rings. The molecule has 5 nitrogen and oxygen atoms in total. The van der Waals surface area contributed by atoms with E-state index in [0.29, 0.717) is 6.10 Å². The largest absolute Gasteiger partial charge is 0.381 e. The van der Waals surface area contributed by atoms with Gasteiger partial charge in [-0.05, 0) is 19.8 Å². The minimum absolute atomic E-state index is 0.443. The number of anilines is 1. The van der Waals surface area contributed by atoms with Crippen LogP contribution in [0.3, 0.4) is 0 Å². The average molecular weight is 256 g/mol. The van der Waals surface area contributed by atoms with E-state index in [-0.39, 0.29) is 0 Å². The minimum Gasteiger partial charge on any atom is -0.381 e. The molecule has 0 unspecified atom stereocenters. The predicted octanol–water partition coefficient (Wildman–Crippen LogP) is 1.58. The number of nitrogens with one attached hydrogen (secondary N) is 1.